The lowest BCUT2D eigenvalue weighted by atomic mass is 9.75. The first-order valence-electron chi connectivity index (χ1n) is 12.4. The van der Waals surface area contributed by atoms with Crippen LogP contribution in [0.15, 0.2) is 0 Å². The van der Waals surface area contributed by atoms with Crippen molar-refractivity contribution in [2.24, 2.45) is 35.5 Å². The van der Waals surface area contributed by atoms with Gasteiger partial charge in [0.25, 0.3) is 0 Å². The van der Waals surface area contributed by atoms with Gasteiger partial charge in [0.2, 0.25) is 0 Å². The van der Waals surface area contributed by atoms with Crippen molar-refractivity contribution in [2.45, 2.75) is 98.7 Å². The van der Waals surface area contributed by atoms with Crippen molar-refractivity contribution in [3.63, 3.8) is 0 Å². The average Bonchev–Trinajstić information content (AvgIpc) is 2.67. The molecule has 0 aromatic heterocycles. The third-order valence-corrected chi connectivity index (χ3v) is 7.24. The zero-order valence-electron chi connectivity index (χ0n) is 20.5. The van der Waals surface area contributed by atoms with Crippen LogP contribution in [0.2, 0.25) is 0 Å². The van der Waals surface area contributed by atoms with E-state index in [1.54, 1.807) is 0 Å². The first-order valence-corrected chi connectivity index (χ1v) is 12.4. The van der Waals surface area contributed by atoms with E-state index in [1.165, 1.54) is 12.8 Å². The Morgan fingerprint density at radius 3 is 1.87 bits per heavy atom. The van der Waals surface area contributed by atoms with Gasteiger partial charge in [-0.25, -0.2) is 9.59 Å². The topological polar surface area (TPSA) is 73.9 Å². The summed E-state index contributed by atoms with van der Waals surface area (Å²) in [5, 5.41) is 2.79. The van der Waals surface area contributed by atoms with Gasteiger partial charge in [0.1, 0.15) is 12.2 Å². The van der Waals surface area contributed by atoms with E-state index in [0.717, 1.165) is 25.7 Å². The van der Waals surface area contributed by atoms with Crippen molar-refractivity contribution in [1.29, 1.82) is 0 Å². The number of hydrogen-bond donors (Lipinski definition) is 1. The molecule has 0 bridgehead atoms. The van der Waals surface area contributed by atoms with Gasteiger partial charge in [-0.1, -0.05) is 54.4 Å². The van der Waals surface area contributed by atoms with Gasteiger partial charge in [-0.2, -0.15) is 0 Å². The Kier molecular flexibility index (Phi) is 10.4. The van der Waals surface area contributed by atoms with Gasteiger partial charge in [-0.05, 0) is 67.6 Å². The summed E-state index contributed by atoms with van der Waals surface area (Å²) in [6.07, 6.45) is 5.94. The monoisotopic (exact) mass is 439 g/mol. The van der Waals surface area contributed by atoms with Gasteiger partial charge in [0.05, 0.1) is 6.61 Å². The Hall–Kier alpha value is -1.46. The minimum Gasteiger partial charge on any atom is -0.446 e. The van der Waals surface area contributed by atoms with Crippen molar-refractivity contribution in [3.8, 4) is 0 Å². The molecule has 0 heterocycles. The van der Waals surface area contributed by atoms with E-state index < -0.39 is 6.16 Å². The molecule has 6 nitrogen and oxygen atoms in total. The molecule has 6 heteroatoms. The van der Waals surface area contributed by atoms with Crippen LogP contribution in [0, 0.1) is 35.5 Å². The fourth-order valence-electron chi connectivity index (χ4n) is 5.26. The predicted molar refractivity (Wildman–Crippen MR) is 122 cm³/mol. The molecule has 0 unspecified atom stereocenters. The van der Waals surface area contributed by atoms with Crippen LogP contribution in [0.5, 0.6) is 0 Å². The number of carbonyl (C=O) groups is 2. The molecule has 0 saturated heterocycles. The summed E-state index contributed by atoms with van der Waals surface area (Å²) in [5.74, 6) is 2.99. The summed E-state index contributed by atoms with van der Waals surface area (Å²) in [5.41, 5.74) is 0. The fourth-order valence-corrected chi connectivity index (χ4v) is 5.26. The number of alkyl carbamates (subject to hydrolysis) is 1. The van der Waals surface area contributed by atoms with E-state index in [9.17, 15) is 9.59 Å². The standard InChI is InChI=1S/C25H45NO5/c1-16(2)20-10-8-18(5)14-22(20)30-24(27)26-12-7-13-29-25(28)31-23-15-19(6)9-11-21(23)17(3)4/h16-23H,7-15H2,1-6H3,(H,26,27)/t18-,19-,20+,21+,22-,23-/m1/s1. The zero-order chi connectivity index (χ0) is 23.0. The second-order valence-electron chi connectivity index (χ2n) is 10.6. The maximum Gasteiger partial charge on any atom is 0.508 e. The molecule has 0 aromatic rings. The molecule has 2 saturated carbocycles. The van der Waals surface area contributed by atoms with Crippen molar-refractivity contribution >= 4 is 12.2 Å². The molecule has 1 amide bonds. The lowest BCUT2D eigenvalue weighted by Gasteiger charge is -2.36. The Bertz CT molecular complexity index is 516. The quantitative estimate of drug-likeness (QED) is 0.361. The van der Waals surface area contributed by atoms with Gasteiger partial charge < -0.3 is 19.5 Å². The number of nitrogens with one attached hydrogen (secondary N) is 1. The van der Waals surface area contributed by atoms with Crippen molar-refractivity contribution in [1.82, 2.24) is 5.32 Å². The molecule has 0 aromatic carbocycles. The maximum absolute atomic E-state index is 12.2. The predicted octanol–water partition coefficient (Wildman–Crippen LogP) is 6.18. The Labute approximate surface area is 189 Å². The fraction of sp³-hybridized carbons (Fsp3) is 0.920. The van der Waals surface area contributed by atoms with E-state index in [4.69, 9.17) is 14.2 Å². The SMILES string of the molecule is CC(C)[C@@H]1CC[C@@H](C)C[C@H]1OC(=O)NCCCOC(=O)O[C@@H]1C[C@H](C)CC[C@H]1C(C)C. The van der Waals surface area contributed by atoms with E-state index in [0.29, 0.717) is 48.5 Å². The maximum atomic E-state index is 12.2. The highest BCUT2D eigenvalue weighted by Crippen LogP contribution is 2.36. The highest BCUT2D eigenvalue weighted by atomic mass is 16.7. The summed E-state index contributed by atoms with van der Waals surface area (Å²) in [6.45, 7) is 13.8. The van der Waals surface area contributed by atoms with Gasteiger partial charge >= 0.3 is 12.2 Å². The normalized spacial score (nSPS) is 31.4. The van der Waals surface area contributed by atoms with Crippen LogP contribution in [0.3, 0.4) is 0 Å². The number of carbonyl (C=O) groups excluding carboxylic acids is 2. The Morgan fingerprint density at radius 2 is 1.35 bits per heavy atom. The lowest BCUT2D eigenvalue weighted by molar-refractivity contribution is -0.0319. The van der Waals surface area contributed by atoms with E-state index >= 15 is 0 Å². The first-order chi connectivity index (χ1) is 14.7. The summed E-state index contributed by atoms with van der Waals surface area (Å²) in [7, 11) is 0. The van der Waals surface area contributed by atoms with Crippen molar-refractivity contribution in [3.05, 3.63) is 0 Å². The molecule has 31 heavy (non-hydrogen) atoms. The summed E-state index contributed by atoms with van der Waals surface area (Å²) in [6, 6.07) is 0. The molecule has 0 radical (unpaired) electrons. The molecule has 2 fully saturated rings. The second-order valence-corrected chi connectivity index (χ2v) is 10.6. The van der Waals surface area contributed by atoms with Crippen LogP contribution in [0.1, 0.15) is 86.5 Å². The van der Waals surface area contributed by atoms with Crippen LogP contribution >= 0.6 is 0 Å². The highest BCUT2D eigenvalue weighted by Gasteiger charge is 2.34. The van der Waals surface area contributed by atoms with Gasteiger partial charge in [-0.3, -0.25) is 0 Å². The van der Waals surface area contributed by atoms with Crippen LogP contribution in [-0.4, -0.2) is 37.6 Å². The van der Waals surface area contributed by atoms with Gasteiger partial charge in [-0.15, -0.1) is 0 Å². The zero-order valence-corrected chi connectivity index (χ0v) is 20.5. The van der Waals surface area contributed by atoms with Crippen LogP contribution in [0.4, 0.5) is 9.59 Å². The molecule has 1 N–H and O–H groups in total. The molecular weight excluding hydrogens is 394 g/mol. The summed E-state index contributed by atoms with van der Waals surface area (Å²) >= 11 is 0. The molecular formula is C25H45NO5. The summed E-state index contributed by atoms with van der Waals surface area (Å²) in [4.78, 5) is 24.3. The molecule has 6 atom stereocenters. The largest absolute Gasteiger partial charge is 0.508 e. The number of amides is 1. The second kappa shape index (κ2) is 12.5. The third kappa shape index (κ3) is 8.53. The molecule has 0 aliphatic heterocycles. The number of hydrogen-bond acceptors (Lipinski definition) is 5. The summed E-state index contributed by atoms with van der Waals surface area (Å²) < 4.78 is 16.6. The highest BCUT2D eigenvalue weighted by molar-refractivity contribution is 5.67. The van der Waals surface area contributed by atoms with Gasteiger partial charge in [0, 0.05) is 6.54 Å². The van der Waals surface area contributed by atoms with E-state index in [-0.39, 0.29) is 24.9 Å². The third-order valence-electron chi connectivity index (χ3n) is 7.24. The van der Waals surface area contributed by atoms with Crippen LogP contribution in [-0.2, 0) is 14.2 Å². The van der Waals surface area contributed by atoms with E-state index in [2.05, 4.69) is 46.9 Å². The molecule has 2 aliphatic rings. The van der Waals surface area contributed by atoms with Crippen LogP contribution in [0.25, 0.3) is 0 Å². The Morgan fingerprint density at radius 1 is 0.839 bits per heavy atom. The molecule has 0 spiro atoms. The van der Waals surface area contributed by atoms with Gasteiger partial charge in [0.15, 0.2) is 0 Å². The molecule has 180 valence electrons. The average molecular weight is 440 g/mol. The molecule has 2 aliphatic carbocycles. The van der Waals surface area contributed by atoms with Crippen LogP contribution < -0.4 is 5.32 Å². The minimum absolute atomic E-state index is 0.0123. The number of rotatable bonds is 8. The van der Waals surface area contributed by atoms with Crippen molar-refractivity contribution in [2.75, 3.05) is 13.2 Å². The van der Waals surface area contributed by atoms with E-state index in [1.807, 2.05) is 0 Å². The minimum atomic E-state index is -0.594. The first kappa shape index (κ1) is 25.8. The van der Waals surface area contributed by atoms with Crippen molar-refractivity contribution < 1.29 is 23.8 Å². The lowest BCUT2D eigenvalue weighted by Crippen LogP contribution is -2.39. The number of ether oxygens (including phenoxy) is 3. The Balaban J connectivity index is 1.63. The molecule has 2 rings (SSSR count). The smallest absolute Gasteiger partial charge is 0.446 e.